The van der Waals surface area contributed by atoms with Gasteiger partial charge in [-0.3, -0.25) is 4.90 Å². The molecule has 1 aromatic heterocycles. The van der Waals surface area contributed by atoms with Crippen molar-refractivity contribution < 1.29 is 9.63 Å². The number of aliphatic hydroxyl groups is 1. The third kappa shape index (κ3) is 4.38. The van der Waals surface area contributed by atoms with Crippen LogP contribution in [0.25, 0.3) is 0 Å². The minimum atomic E-state index is -0.112. The second-order valence-electron chi connectivity index (χ2n) is 5.91. The highest BCUT2D eigenvalue weighted by molar-refractivity contribution is 4.98. The molecule has 0 bridgehead atoms. The molecule has 0 saturated carbocycles. The van der Waals surface area contributed by atoms with Crippen molar-refractivity contribution in [1.29, 1.82) is 0 Å². The van der Waals surface area contributed by atoms with E-state index in [0.717, 1.165) is 13.0 Å². The van der Waals surface area contributed by atoms with Gasteiger partial charge in [0, 0.05) is 24.6 Å². The average Bonchev–Trinajstić information content (AvgIpc) is 2.71. The zero-order chi connectivity index (χ0) is 13.8. The molecule has 0 aliphatic carbocycles. The maximum Gasteiger partial charge on any atom is 0.232 e. The molecule has 0 spiro atoms. The largest absolute Gasteiger partial charge is 0.396 e. The summed E-state index contributed by atoms with van der Waals surface area (Å²) in [7, 11) is 0. The molecule has 0 aromatic carbocycles. The van der Waals surface area contributed by atoms with Gasteiger partial charge in [-0.2, -0.15) is 4.98 Å². The lowest BCUT2D eigenvalue weighted by Crippen LogP contribution is -2.32. The zero-order valence-electron chi connectivity index (χ0n) is 12.1. The summed E-state index contributed by atoms with van der Waals surface area (Å²) in [6.07, 6.45) is 0.766. The third-order valence-corrected chi connectivity index (χ3v) is 2.79. The van der Waals surface area contributed by atoms with E-state index < -0.39 is 0 Å². The van der Waals surface area contributed by atoms with Crippen molar-refractivity contribution in [1.82, 2.24) is 15.0 Å². The van der Waals surface area contributed by atoms with Gasteiger partial charge < -0.3 is 9.63 Å². The van der Waals surface area contributed by atoms with Crippen LogP contribution in [-0.2, 0) is 12.0 Å². The Morgan fingerprint density at radius 2 is 2.00 bits per heavy atom. The average molecular weight is 255 g/mol. The molecule has 0 unspecified atom stereocenters. The highest BCUT2D eigenvalue weighted by Gasteiger charge is 2.22. The van der Waals surface area contributed by atoms with Crippen LogP contribution < -0.4 is 0 Å². The molecule has 1 aromatic rings. The quantitative estimate of drug-likeness (QED) is 0.842. The van der Waals surface area contributed by atoms with E-state index in [-0.39, 0.29) is 12.0 Å². The summed E-state index contributed by atoms with van der Waals surface area (Å²) < 4.78 is 5.28. The van der Waals surface area contributed by atoms with Crippen molar-refractivity contribution in [2.75, 3.05) is 13.2 Å². The molecule has 0 amide bonds. The lowest BCUT2D eigenvalue weighted by Gasteiger charge is -2.24. The highest BCUT2D eigenvalue weighted by atomic mass is 16.5. The minimum absolute atomic E-state index is 0.112. The fourth-order valence-electron chi connectivity index (χ4n) is 1.60. The second kappa shape index (κ2) is 6.29. The molecule has 1 rings (SSSR count). The van der Waals surface area contributed by atoms with Crippen LogP contribution in [0.3, 0.4) is 0 Å². The van der Waals surface area contributed by atoms with E-state index in [4.69, 9.17) is 9.63 Å². The Hall–Kier alpha value is -0.940. The van der Waals surface area contributed by atoms with Crippen molar-refractivity contribution in [2.45, 2.75) is 59.0 Å². The molecule has 0 aliphatic heterocycles. The number of rotatable bonds is 6. The zero-order valence-corrected chi connectivity index (χ0v) is 12.1. The molecule has 0 atom stereocenters. The van der Waals surface area contributed by atoms with Gasteiger partial charge in [-0.15, -0.1) is 0 Å². The van der Waals surface area contributed by atoms with Crippen LogP contribution >= 0.6 is 0 Å². The monoisotopic (exact) mass is 255 g/mol. The summed E-state index contributed by atoms with van der Waals surface area (Å²) in [6.45, 7) is 12.1. The summed E-state index contributed by atoms with van der Waals surface area (Å²) in [6, 6.07) is 0.396. The minimum Gasteiger partial charge on any atom is -0.396 e. The van der Waals surface area contributed by atoms with Gasteiger partial charge in [-0.05, 0) is 20.3 Å². The van der Waals surface area contributed by atoms with Gasteiger partial charge in [-0.1, -0.05) is 25.9 Å². The van der Waals surface area contributed by atoms with Crippen LogP contribution in [0, 0.1) is 0 Å². The Labute approximate surface area is 109 Å². The molecular weight excluding hydrogens is 230 g/mol. The van der Waals surface area contributed by atoms with E-state index in [9.17, 15) is 0 Å². The number of aliphatic hydroxyl groups excluding tert-OH is 1. The second-order valence-corrected chi connectivity index (χ2v) is 5.91. The Bertz CT molecular complexity index is 355. The Balaban J connectivity index is 2.66. The molecule has 0 fully saturated rings. The first-order chi connectivity index (χ1) is 8.34. The van der Waals surface area contributed by atoms with Gasteiger partial charge in [0.15, 0.2) is 5.82 Å². The van der Waals surface area contributed by atoms with E-state index in [1.807, 2.05) is 0 Å². The first kappa shape index (κ1) is 15.1. The number of hydrogen-bond acceptors (Lipinski definition) is 5. The van der Waals surface area contributed by atoms with Crippen molar-refractivity contribution in [2.24, 2.45) is 0 Å². The van der Waals surface area contributed by atoms with E-state index in [1.54, 1.807) is 0 Å². The van der Waals surface area contributed by atoms with Gasteiger partial charge in [-0.25, -0.2) is 0 Å². The van der Waals surface area contributed by atoms with Crippen LogP contribution in [0.4, 0.5) is 0 Å². The molecule has 18 heavy (non-hydrogen) atoms. The number of aromatic nitrogens is 2. The van der Waals surface area contributed by atoms with E-state index in [1.165, 1.54) is 0 Å². The lowest BCUT2D eigenvalue weighted by molar-refractivity contribution is 0.179. The Kier molecular flexibility index (Phi) is 5.28. The van der Waals surface area contributed by atoms with E-state index in [2.05, 4.69) is 49.7 Å². The fourth-order valence-corrected chi connectivity index (χ4v) is 1.60. The summed E-state index contributed by atoms with van der Waals surface area (Å²) >= 11 is 0. The van der Waals surface area contributed by atoms with Crippen LogP contribution in [0.5, 0.6) is 0 Å². The predicted octanol–water partition coefficient (Wildman–Crippen LogP) is 1.96. The predicted molar refractivity (Wildman–Crippen MR) is 70.2 cm³/mol. The van der Waals surface area contributed by atoms with E-state index >= 15 is 0 Å². The molecule has 0 saturated heterocycles. The normalized spacial score (nSPS) is 12.7. The summed E-state index contributed by atoms with van der Waals surface area (Å²) in [5, 5.41) is 12.9. The smallest absolute Gasteiger partial charge is 0.232 e. The van der Waals surface area contributed by atoms with Crippen molar-refractivity contribution in [3.05, 3.63) is 11.7 Å². The van der Waals surface area contributed by atoms with Crippen molar-refractivity contribution in [3.63, 3.8) is 0 Å². The van der Waals surface area contributed by atoms with E-state index in [0.29, 0.717) is 24.3 Å². The lowest BCUT2D eigenvalue weighted by atomic mass is 9.97. The molecule has 0 radical (unpaired) electrons. The van der Waals surface area contributed by atoms with Gasteiger partial charge in [0.25, 0.3) is 0 Å². The maximum absolute atomic E-state index is 8.90. The topological polar surface area (TPSA) is 62.4 Å². The van der Waals surface area contributed by atoms with Gasteiger partial charge in [0.1, 0.15) is 0 Å². The SMILES string of the molecule is CC(C)N(CCCO)Cc1noc(C(C)(C)C)n1. The Morgan fingerprint density at radius 3 is 2.44 bits per heavy atom. The van der Waals surface area contributed by atoms with Crippen molar-refractivity contribution >= 4 is 0 Å². The molecule has 104 valence electrons. The maximum atomic E-state index is 8.90. The molecule has 1 heterocycles. The van der Waals surface area contributed by atoms with Crippen LogP contribution in [0.15, 0.2) is 4.52 Å². The van der Waals surface area contributed by atoms with Crippen molar-refractivity contribution in [3.8, 4) is 0 Å². The van der Waals surface area contributed by atoms with Gasteiger partial charge in [0.05, 0.1) is 6.54 Å². The van der Waals surface area contributed by atoms with Gasteiger partial charge in [0.2, 0.25) is 5.89 Å². The molecular formula is C13H25N3O2. The molecule has 5 heteroatoms. The standard InChI is InChI=1S/C13H25N3O2/c1-10(2)16(7-6-8-17)9-11-14-12(18-15-11)13(3,4)5/h10,17H,6-9H2,1-5H3. The van der Waals surface area contributed by atoms with Crippen LogP contribution in [0.2, 0.25) is 0 Å². The molecule has 1 N–H and O–H groups in total. The summed E-state index contributed by atoms with van der Waals surface area (Å²) in [4.78, 5) is 6.66. The summed E-state index contributed by atoms with van der Waals surface area (Å²) in [5.41, 5.74) is -0.112. The first-order valence-corrected chi connectivity index (χ1v) is 6.52. The Morgan fingerprint density at radius 1 is 1.33 bits per heavy atom. The first-order valence-electron chi connectivity index (χ1n) is 6.52. The van der Waals surface area contributed by atoms with Crippen LogP contribution in [0.1, 0.15) is 52.8 Å². The number of hydrogen-bond donors (Lipinski definition) is 1. The van der Waals surface area contributed by atoms with Gasteiger partial charge >= 0.3 is 0 Å². The van der Waals surface area contributed by atoms with Crippen LogP contribution in [-0.4, -0.2) is 39.3 Å². The number of nitrogens with zero attached hydrogens (tertiary/aromatic N) is 3. The fraction of sp³-hybridized carbons (Fsp3) is 0.846. The highest BCUT2D eigenvalue weighted by Crippen LogP contribution is 2.20. The summed E-state index contributed by atoms with van der Waals surface area (Å²) in [5.74, 6) is 1.38. The molecule has 0 aliphatic rings. The third-order valence-electron chi connectivity index (χ3n) is 2.79. The molecule has 5 nitrogen and oxygen atoms in total.